The topological polar surface area (TPSA) is 42.4 Å². The van der Waals surface area contributed by atoms with Gasteiger partial charge < -0.3 is 9.84 Å². The first-order valence-corrected chi connectivity index (χ1v) is 5.94. The van der Waals surface area contributed by atoms with Crippen LogP contribution in [0.2, 0.25) is 0 Å². The lowest BCUT2D eigenvalue weighted by Gasteiger charge is -2.00. The Hall–Kier alpha value is -1.55. The van der Waals surface area contributed by atoms with Gasteiger partial charge in [-0.3, -0.25) is 0 Å². The van der Waals surface area contributed by atoms with Crippen LogP contribution in [0.5, 0.6) is 16.7 Å². The zero-order valence-electron chi connectivity index (χ0n) is 9.23. The van der Waals surface area contributed by atoms with Crippen LogP contribution < -0.4 is 4.74 Å². The smallest absolute Gasteiger partial charge is 0.279 e. The third kappa shape index (κ3) is 2.33. The Morgan fingerprint density at radius 1 is 1.31 bits per heavy atom. The van der Waals surface area contributed by atoms with Crippen molar-refractivity contribution in [1.82, 2.24) is 4.98 Å². The van der Waals surface area contributed by atoms with Crippen molar-refractivity contribution in [2.45, 2.75) is 20.3 Å². The molecule has 3 nitrogen and oxygen atoms in total. The van der Waals surface area contributed by atoms with E-state index in [2.05, 4.69) is 11.9 Å². The van der Waals surface area contributed by atoms with Gasteiger partial charge in [-0.25, -0.2) is 4.98 Å². The van der Waals surface area contributed by atoms with E-state index in [0.29, 0.717) is 10.9 Å². The molecule has 1 aromatic carbocycles. The fraction of sp³-hybridized carbons (Fsp3) is 0.250. The number of aromatic nitrogens is 1. The number of aromatic hydroxyl groups is 1. The van der Waals surface area contributed by atoms with Gasteiger partial charge in [0.1, 0.15) is 11.5 Å². The first-order valence-electron chi connectivity index (χ1n) is 5.12. The minimum absolute atomic E-state index is 0.233. The fourth-order valence-electron chi connectivity index (χ4n) is 1.39. The molecule has 0 saturated carbocycles. The molecule has 0 atom stereocenters. The van der Waals surface area contributed by atoms with Crippen molar-refractivity contribution in [2.24, 2.45) is 0 Å². The number of thiazole rings is 1. The lowest BCUT2D eigenvalue weighted by molar-refractivity contribution is 0.462. The Labute approximate surface area is 98.4 Å². The van der Waals surface area contributed by atoms with E-state index in [1.807, 2.05) is 6.92 Å². The van der Waals surface area contributed by atoms with Crippen molar-refractivity contribution < 1.29 is 9.84 Å². The lowest BCUT2D eigenvalue weighted by Crippen LogP contribution is -1.85. The van der Waals surface area contributed by atoms with Crippen LogP contribution in [0.1, 0.15) is 17.5 Å². The summed E-state index contributed by atoms with van der Waals surface area (Å²) < 4.78 is 5.59. The third-order valence-corrected chi connectivity index (χ3v) is 3.14. The molecule has 0 aliphatic carbocycles. The number of hydrogen-bond acceptors (Lipinski definition) is 4. The van der Waals surface area contributed by atoms with E-state index in [1.165, 1.54) is 4.88 Å². The quantitative estimate of drug-likeness (QED) is 0.885. The van der Waals surface area contributed by atoms with Gasteiger partial charge in [-0.05, 0) is 37.6 Å². The molecule has 4 heteroatoms. The predicted molar refractivity (Wildman–Crippen MR) is 64.4 cm³/mol. The Morgan fingerprint density at radius 2 is 2.00 bits per heavy atom. The molecule has 0 unspecified atom stereocenters. The van der Waals surface area contributed by atoms with Gasteiger partial charge in [0.15, 0.2) is 0 Å². The molecule has 0 spiro atoms. The molecule has 84 valence electrons. The Morgan fingerprint density at radius 3 is 2.56 bits per heavy atom. The average Bonchev–Trinajstić information content (AvgIpc) is 2.62. The van der Waals surface area contributed by atoms with Gasteiger partial charge in [0.05, 0.1) is 5.69 Å². The van der Waals surface area contributed by atoms with Crippen molar-refractivity contribution in [3.8, 4) is 16.7 Å². The van der Waals surface area contributed by atoms with Crippen molar-refractivity contribution in [3.63, 3.8) is 0 Å². The highest BCUT2D eigenvalue weighted by molar-refractivity contribution is 7.13. The monoisotopic (exact) mass is 235 g/mol. The summed E-state index contributed by atoms with van der Waals surface area (Å²) in [6.45, 7) is 4.12. The number of phenols is 1. The van der Waals surface area contributed by atoms with E-state index in [0.717, 1.165) is 12.1 Å². The molecular weight excluding hydrogens is 222 g/mol. The standard InChI is InChI=1S/C12H13NO2S/c1-3-11-8(2)16-12(13-11)15-10-6-4-9(14)5-7-10/h4-7,14H,3H2,1-2H3. The molecule has 0 fully saturated rings. The van der Waals surface area contributed by atoms with Crippen molar-refractivity contribution >= 4 is 11.3 Å². The summed E-state index contributed by atoms with van der Waals surface area (Å²) in [4.78, 5) is 5.57. The number of aryl methyl sites for hydroxylation is 2. The Kier molecular flexibility index (Phi) is 3.10. The summed E-state index contributed by atoms with van der Waals surface area (Å²) in [5.41, 5.74) is 1.08. The average molecular weight is 235 g/mol. The van der Waals surface area contributed by atoms with Crippen molar-refractivity contribution in [1.29, 1.82) is 0 Å². The van der Waals surface area contributed by atoms with Gasteiger partial charge in [-0.2, -0.15) is 0 Å². The zero-order chi connectivity index (χ0) is 11.5. The second kappa shape index (κ2) is 4.53. The molecule has 1 N–H and O–H groups in total. The van der Waals surface area contributed by atoms with Crippen LogP contribution in [0.4, 0.5) is 0 Å². The largest absolute Gasteiger partial charge is 0.508 e. The summed E-state index contributed by atoms with van der Waals surface area (Å²) in [6.07, 6.45) is 0.918. The number of phenolic OH excluding ortho intramolecular Hbond substituents is 1. The van der Waals surface area contributed by atoms with E-state index in [4.69, 9.17) is 9.84 Å². The van der Waals surface area contributed by atoms with Crippen LogP contribution in [0.3, 0.4) is 0 Å². The van der Waals surface area contributed by atoms with E-state index < -0.39 is 0 Å². The molecule has 0 saturated heterocycles. The minimum Gasteiger partial charge on any atom is -0.508 e. The molecule has 0 bridgehead atoms. The normalized spacial score (nSPS) is 10.4. The molecule has 2 rings (SSSR count). The molecule has 0 aliphatic rings. The highest BCUT2D eigenvalue weighted by Crippen LogP contribution is 2.29. The number of ether oxygens (including phenoxy) is 1. The molecule has 0 amide bonds. The summed E-state index contributed by atoms with van der Waals surface area (Å²) >= 11 is 1.54. The molecular formula is C12H13NO2S. The summed E-state index contributed by atoms with van der Waals surface area (Å²) in [6, 6.07) is 6.63. The van der Waals surface area contributed by atoms with E-state index in [-0.39, 0.29) is 5.75 Å². The number of hydrogen-bond donors (Lipinski definition) is 1. The number of nitrogens with zero attached hydrogens (tertiary/aromatic N) is 1. The molecule has 0 aliphatic heterocycles. The number of benzene rings is 1. The highest BCUT2D eigenvalue weighted by Gasteiger charge is 2.07. The maximum absolute atomic E-state index is 9.14. The van der Waals surface area contributed by atoms with E-state index >= 15 is 0 Å². The summed E-state index contributed by atoms with van der Waals surface area (Å²) in [7, 11) is 0. The van der Waals surface area contributed by atoms with Crippen LogP contribution >= 0.6 is 11.3 Å². The minimum atomic E-state index is 0.233. The zero-order valence-corrected chi connectivity index (χ0v) is 10.0. The van der Waals surface area contributed by atoms with Crippen LogP contribution in [0.15, 0.2) is 24.3 Å². The summed E-state index contributed by atoms with van der Waals surface area (Å²) in [5, 5.41) is 9.79. The fourth-order valence-corrected chi connectivity index (χ4v) is 2.25. The molecule has 1 heterocycles. The van der Waals surface area contributed by atoms with Gasteiger partial charge >= 0.3 is 0 Å². The van der Waals surface area contributed by atoms with Crippen LogP contribution in [-0.2, 0) is 6.42 Å². The van der Waals surface area contributed by atoms with Gasteiger partial charge in [0.2, 0.25) is 0 Å². The molecule has 16 heavy (non-hydrogen) atoms. The second-order valence-corrected chi connectivity index (χ2v) is 4.60. The molecule has 2 aromatic rings. The van der Waals surface area contributed by atoms with Gasteiger partial charge in [-0.15, -0.1) is 0 Å². The van der Waals surface area contributed by atoms with Crippen LogP contribution in [0.25, 0.3) is 0 Å². The van der Waals surface area contributed by atoms with Crippen molar-refractivity contribution in [3.05, 3.63) is 34.8 Å². The third-order valence-electron chi connectivity index (χ3n) is 2.25. The maximum Gasteiger partial charge on any atom is 0.279 e. The van der Waals surface area contributed by atoms with Crippen LogP contribution in [0, 0.1) is 6.92 Å². The lowest BCUT2D eigenvalue weighted by atomic mass is 10.3. The highest BCUT2D eigenvalue weighted by atomic mass is 32.1. The number of rotatable bonds is 3. The first kappa shape index (κ1) is 11.0. The van der Waals surface area contributed by atoms with Crippen molar-refractivity contribution in [2.75, 3.05) is 0 Å². The Bertz CT molecular complexity index is 476. The van der Waals surface area contributed by atoms with Gasteiger partial charge in [-0.1, -0.05) is 18.3 Å². The van der Waals surface area contributed by atoms with Gasteiger partial charge in [0.25, 0.3) is 5.19 Å². The second-order valence-electron chi connectivity index (χ2n) is 3.43. The van der Waals surface area contributed by atoms with Gasteiger partial charge in [0, 0.05) is 4.88 Å². The first-order chi connectivity index (χ1) is 7.69. The SMILES string of the molecule is CCc1nc(Oc2ccc(O)cc2)sc1C. The Balaban J connectivity index is 2.17. The predicted octanol–water partition coefficient (Wildman–Crippen LogP) is 3.51. The molecule has 0 radical (unpaired) electrons. The van der Waals surface area contributed by atoms with E-state index in [9.17, 15) is 0 Å². The van der Waals surface area contributed by atoms with E-state index in [1.54, 1.807) is 35.6 Å². The van der Waals surface area contributed by atoms with Crippen LogP contribution in [-0.4, -0.2) is 10.1 Å². The summed E-state index contributed by atoms with van der Waals surface area (Å²) in [5.74, 6) is 0.922. The molecule has 1 aromatic heterocycles. The maximum atomic E-state index is 9.14.